The van der Waals surface area contributed by atoms with Crippen molar-refractivity contribution in [3.05, 3.63) is 46.3 Å². The number of anilines is 1. The first-order chi connectivity index (χ1) is 14.2. The maximum absolute atomic E-state index is 4.59. The predicted octanol–water partition coefficient (Wildman–Crippen LogP) is 2.83. The summed E-state index contributed by atoms with van der Waals surface area (Å²) in [5.74, 6) is 2.48. The topological polar surface area (TPSA) is 55.8 Å². The predicted molar refractivity (Wildman–Crippen MR) is 124 cm³/mol. The number of rotatable bonds is 8. The third-order valence-corrected chi connectivity index (χ3v) is 6.28. The fraction of sp³-hybridized carbons (Fsp3) is 0.545. The summed E-state index contributed by atoms with van der Waals surface area (Å²) < 4.78 is 0. The van der Waals surface area contributed by atoms with E-state index in [0.717, 1.165) is 64.0 Å². The van der Waals surface area contributed by atoms with E-state index in [4.69, 9.17) is 0 Å². The van der Waals surface area contributed by atoms with E-state index in [1.165, 1.54) is 10.4 Å². The van der Waals surface area contributed by atoms with Gasteiger partial charge in [-0.15, -0.1) is 11.3 Å². The second-order valence-electron chi connectivity index (χ2n) is 7.64. The Bertz CT molecular complexity index is 752. The molecular weight excluding hydrogens is 380 g/mol. The summed E-state index contributed by atoms with van der Waals surface area (Å²) in [4.78, 5) is 15.3. The van der Waals surface area contributed by atoms with Crippen molar-refractivity contribution in [3.8, 4) is 0 Å². The van der Waals surface area contributed by atoms with Crippen LogP contribution in [0.2, 0.25) is 0 Å². The Morgan fingerprint density at radius 2 is 2.07 bits per heavy atom. The number of thiophene rings is 1. The molecule has 158 valence electrons. The van der Waals surface area contributed by atoms with Crippen LogP contribution in [0.5, 0.6) is 0 Å². The molecular formula is C22H34N6S. The van der Waals surface area contributed by atoms with Gasteiger partial charge in [0.05, 0.1) is 0 Å². The molecule has 2 aromatic rings. The molecule has 0 aliphatic carbocycles. The first-order valence-electron chi connectivity index (χ1n) is 10.6. The summed E-state index contributed by atoms with van der Waals surface area (Å²) in [6.07, 6.45) is 3.01. The van der Waals surface area contributed by atoms with Gasteiger partial charge < -0.3 is 20.4 Å². The van der Waals surface area contributed by atoms with Gasteiger partial charge in [0.25, 0.3) is 0 Å². The van der Waals surface area contributed by atoms with Crippen molar-refractivity contribution in [1.82, 2.24) is 20.5 Å². The van der Waals surface area contributed by atoms with Crippen LogP contribution >= 0.6 is 11.3 Å². The molecule has 3 heterocycles. The zero-order chi connectivity index (χ0) is 20.5. The minimum atomic E-state index is 0.557. The summed E-state index contributed by atoms with van der Waals surface area (Å²) in [5.41, 5.74) is 1.22. The highest BCUT2D eigenvalue weighted by Gasteiger charge is 2.16. The first kappa shape index (κ1) is 21.6. The van der Waals surface area contributed by atoms with Gasteiger partial charge >= 0.3 is 0 Å². The summed E-state index contributed by atoms with van der Waals surface area (Å²) in [5, 5.41) is 9.03. The molecule has 0 amide bonds. The van der Waals surface area contributed by atoms with Crippen LogP contribution in [0.3, 0.4) is 0 Å². The van der Waals surface area contributed by atoms with Gasteiger partial charge in [-0.2, -0.15) is 0 Å². The van der Waals surface area contributed by atoms with Gasteiger partial charge in [-0.3, -0.25) is 4.99 Å². The third kappa shape index (κ3) is 6.72. The zero-order valence-corrected chi connectivity index (χ0v) is 18.7. The highest BCUT2D eigenvalue weighted by atomic mass is 32.1. The number of aliphatic imine (C=N–C) groups is 1. The normalized spacial score (nSPS) is 16.7. The largest absolute Gasteiger partial charge is 0.356 e. The van der Waals surface area contributed by atoms with Crippen LogP contribution in [-0.2, 0) is 13.0 Å². The molecule has 6 nitrogen and oxygen atoms in total. The molecule has 3 rings (SSSR count). The lowest BCUT2D eigenvalue weighted by Crippen LogP contribution is -2.46. The second kappa shape index (κ2) is 11.2. The summed E-state index contributed by atoms with van der Waals surface area (Å²) in [6.45, 7) is 11.6. The van der Waals surface area contributed by atoms with Crippen molar-refractivity contribution in [3.63, 3.8) is 0 Å². The standard InChI is InChI=1S/C22H34N6S/c1-4-27-9-11-28(12-10-27)21-15-19(7-8-24-21)17-26-22(23-3)25-16-18(2)14-20-6-5-13-29-20/h5-8,13,15,18H,4,9-12,14,16-17H2,1-3H3,(H2,23,25,26). The summed E-state index contributed by atoms with van der Waals surface area (Å²) in [7, 11) is 1.82. The van der Waals surface area contributed by atoms with Crippen molar-refractivity contribution in [1.29, 1.82) is 0 Å². The minimum Gasteiger partial charge on any atom is -0.356 e. The van der Waals surface area contributed by atoms with Crippen molar-refractivity contribution in [2.45, 2.75) is 26.8 Å². The molecule has 1 atom stereocenters. The molecule has 7 heteroatoms. The van der Waals surface area contributed by atoms with Gasteiger partial charge in [0.1, 0.15) is 5.82 Å². The monoisotopic (exact) mass is 414 g/mol. The van der Waals surface area contributed by atoms with Gasteiger partial charge in [0.15, 0.2) is 5.96 Å². The minimum absolute atomic E-state index is 0.557. The molecule has 1 aliphatic heterocycles. The maximum atomic E-state index is 4.59. The molecule has 0 saturated carbocycles. The molecule has 1 aliphatic rings. The first-order valence-corrected chi connectivity index (χ1v) is 11.4. The van der Waals surface area contributed by atoms with Crippen molar-refractivity contribution in [2.24, 2.45) is 10.9 Å². The molecule has 1 fully saturated rings. The Hall–Kier alpha value is -2.12. The number of nitrogens with one attached hydrogen (secondary N) is 2. The highest BCUT2D eigenvalue weighted by Crippen LogP contribution is 2.15. The van der Waals surface area contributed by atoms with E-state index in [1.807, 2.05) is 24.6 Å². The Morgan fingerprint density at radius 1 is 1.24 bits per heavy atom. The van der Waals surface area contributed by atoms with Crippen LogP contribution < -0.4 is 15.5 Å². The SMILES string of the molecule is CCN1CCN(c2cc(CNC(=NC)NCC(C)Cc3cccs3)ccn2)CC1. The summed E-state index contributed by atoms with van der Waals surface area (Å²) >= 11 is 1.83. The number of piperazine rings is 1. The van der Waals surface area contributed by atoms with Crippen molar-refractivity contribution in [2.75, 3.05) is 51.2 Å². The van der Waals surface area contributed by atoms with Crippen LogP contribution in [0.15, 0.2) is 40.8 Å². The molecule has 2 aromatic heterocycles. The van der Waals surface area contributed by atoms with E-state index in [0.29, 0.717) is 5.92 Å². The number of likely N-dealkylation sites (N-methyl/N-ethyl adjacent to an activating group) is 1. The van der Waals surface area contributed by atoms with E-state index in [2.05, 4.69) is 73.9 Å². The Labute approximate surface area is 179 Å². The molecule has 0 aromatic carbocycles. The number of hydrogen-bond acceptors (Lipinski definition) is 5. The van der Waals surface area contributed by atoms with Gasteiger partial charge in [-0.1, -0.05) is 19.9 Å². The van der Waals surface area contributed by atoms with Crippen LogP contribution in [0.4, 0.5) is 5.82 Å². The van der Waals surface area contributed by atoms with Crippen LogP contribution in [0.25, 0.3) is 0 Å². The van der Waals surface area contributed by atoms with Crippen LogP contribution in [0.1, 0.15) is 24.3 Å². The number of pyridine rings is 1. The van der Waals surface area contributed by atoms with Crippen molar-refractivity contribution >= 4 is 23.1 Å². The highest BCUT2D eigenvalue weighted by molar-refractivity contribution is 7.09. The van der Waals surface area contributed by atoms with E-state index in [1.54, 1.807) is 0 Å². The van der Waals surface area contributed by atoms with Gasteiger partial charge in [-0.25, -0.2) is 4.98 Å². The molecule has 0 bridgehead atoms. The van der Waals surface area contributed by atoms with E-state index >= 15 is 0 Å². The molecule has 1 unspecified atom stereocenters. The van der Waals surface area contributed by atoms with Gasteiger partial charge in [-0.05, 0) is 48.0 Å². The van der Waals surface area contributed by atoms with Crippen LogP contribution in [-0.4, -0.2) is 62.2 Å². The average molecular weight is 415 g/mol. The molecule has 2 N–H and O–H groups in total. The lowest BCUT2D eigenvalue weighted by molar-refractivity contribution is 0.270. The molecule has 1 saturated heterocycles. The quantitative estimate of drug-likeness (QED) is 0.514. The smallest absolute Gasteiger partial charge is 0.191 e. The Morgan fingerprint density at radius 3 is 2.76 bits per heavy atom. The second-order valence-corrected chi connectivity index (χ2v) is 8.67. The molecule has 0 radical (unpaired) electrons. The van der Waals surface area contributed by atoms with Gasteiger partial charge in [0.2, 0.25) is 0 Å². The summed E-state index contributed by atoms with van der Waals surface area (Å²) in [6, 6.07) is 8.59. The fourth-order valence-electron chi connectivity index (χ4n) is 3.56. The molecule has 29 heavy (non-hydrogen) atoms. The number of aromatic nitrogens is 1. The van der Waals surface area contributed by atoms with E-state index in [-0.39, 0.29) is 0 Å². The molecule has 0 spiro atoms. The third-order valence-electron chi connectivity index (χ3n) is 5.38. The van der Waals surface area contributed by atoms with Crippen molar-refractivity contribution < 1.29 is 0 Å². The average Bonchev–Trinajstić information content (AvgIpc) is 3.27. The lowest BCUT2D eigenvalue weighted by atomic mass is 10.1. The number of nitrogens with zero attached hydrogens (tertiary/aromatic N) is 4. The zero-order valence-electron chi connectivity index (χ0n) is 17.9. The Kier molecular flexibility index (Phi) is 8.31. The number of guanidine groups is 1. The maximum Gasteiger partial charge on any atom is 0.191 e. The Balaban J connectivity index is 1.45. The van der Waals surface area contributed by atoms with Gasteiger partial charge in [0, 0.05) is 57.4 Å². The number of hydrogen-bond donors (Lipinski definition) is 2. The lowest BCUT2D eigenvalue weighted by Gasteiger charge is -2.34. The van der Waals surface area contributed by atoms with E-state index in [9.17, 15) is 0 Å². The van der Waals surface area contributed by atoms with E-state index < -0.39 is 0 Å². The fourth-order valence-corrected chi connectivity index (χ4v) is 4.43. The van der Waals surface area contributed by atoms with Crippen LogP contribution in [0, 0.1) is 5.92 Å².